The van der Waals surface area contributed by atoms with E-state index in [1.165, 1.54) is 10.6 Å². The molecule has 192 valence electrons. The quantitative estimate of drug-likeness (QED) is 0.228. The highest BCUT2D eigenvalue weighted by Crippen LogP contribution is 2.35. The van der Waals surface area contributed by atoms with Gasteiger partial charge in [0, 0.05) is 17.7 Å². The van der Waals surface area contributed by atoms with Gasteiger partial charge in [0.1, 0.15) is 5.75 Å². The van der Waals surface area contributed by atoms with E-state index >= 15 is 0 Å². The maximum absolute atomic E-state index is 13.8. The predicted octanol–water partition coefficient (Wildman–Crippen LogP) is 3.27. The van der Waals surface area contributed by atoms with Crippen LogP contribution in [-0.2, 0) is 9.53 Å². The molecule has 11 heteroatoms. The number of phenols is 2. The van der Waals surface area contributed by atoms with E-state index < -0.39 is 39.7 Å². The third kappa shape index (κ3) is 4.12. The summed E-state index contributed by atoms with van der Waals surface area (Å²) >= 11 is 1.02. The summed E-state index contributed by atoms with van der Waals surface area (Å²) in [6.45, 7) is 3.51. The van der Waals surface area contributed by atoms with Gasteiger partial charge >= 0.3 is 11.7 Å². The van der Waals surface area contributed by atoms with Gasteiger partial charge in [0.05, 0.1) is 33.4 Å². The normalized spacial score (nSPS) is 15.3. The molecule has 1 aliphatic heterocycles. The molecule has 2 N–H and O–H groups in total. The van der Waals surface area contributed by atoms with Crippen molar-refractivity contribution in [2.75, 3.05) is 6.61 Å². The van der Waals surface area contributed by atoms with Crippen LogP contribution in [0, 0.1) is 10.1 Å². The summed E-state index contributed by atoms with van der Waals surface area (Å²) in [5.74, 6) is -1.72. The number of nitrogens with zero attached hydrogens (tertiary/aromatic N) is 3. The SMILES string of the molecule is CCOC(=O)C1=C(C)N=c2s/c(=C\c3cc([N+](=O)[O-])c(O)cc3O)c(=O)n2[C@H]1c1cccc2ccccc12. The first-order valence-corrected chi connectivity index (χ1v) is 12.4. The number of aromatic nitrogens is 1. The Labute approximate surface area is 218 Å². The number of phenolic OH excluding ortho intramolecular Hbond substituents is 2. The first kappa shape index (κ1) is 24.9. The van der Waals surface area contributed by atoms with Gasteiger partial charge < -0.3 is 14.9 Å². The summed E-state index contributed by atoms with van der Waals surface area (Å²) in [6.07, 6.45) is 1.30. The van der Waals surface area contributed by atoms with Crippen molar-refractivity contribution in [2.45, 2.75) is 19.9 Å². The lowest BCUT2D eigenvalue weighted by Crippen LogP contribution is -2.40. The number of carbonyl (C=O) groups is 1. The fourth-order valence-corrected chi connectivity index (χ4v) is 5.60. The molecular formula is C27H21N3O7S. The van der Waals surface area contributed by atoms with E-state index in [4.69, 9.17) is 4.74 Å². The second-order valence-corrected chi connectivity index (χ2v) is 9.54. The highest BCUT2D eigenvalue weighted by molar-refractivity contribution is 7.07. The number of thiazole rings is 1. The minimum atomic E-state index is -0.846. The zero-order valence-corrected chi connectivity index (χ0v) is 21.1. The number of esters is 1. The number of ether oxygens (including phenoxy) is 1. The van der Waals surface area contributed by atoms with Gasteiger partial charge in [-0.15, -0.1) is 0 Å². The third-order valence-electron chi connectivity index (χ3n) is 6.24. The number of benzene rings is 3. The van der Waals surface area contributed by atoms with E-state index in [1.807, 2.05) is 42.5 Å². The largest absolute Gasteiger partial charge is 0.507 e. The highest BCUT2D eigenvalue weighted by atomic mass is 32.1. The molecule has 5 rings (SSSR count). The molecule has 0 saturated heterocycles. The van der Waals surface area contributed by atoms with Gasteiger partial charge in [0.2, 0.25) is 0 Å². The molecule has 0 saturated carbocycles. The van der Waals surface area contributed by atoms with E-state index in [0.29, 0.717) is 16.1 Å². The summed E-state index contributed by atoms with van der Waals surface area (Å²) in [4.78, 5) is 42.3. The lowest BCUT2D eigenvalue weighted by Gasteiger charge is -2.25. The van der Waals surface area contributed by atoms with Crippen LogP contribution in [0.4, 0.5) is 5.69 Å². The van der Waals surface area contributed by atoms with Crippen molar-refractivity contribution in [3.8, 4) is 11.5 Å². The molecule has 0 bridgehead atoms. The van der Waals surface area contributed by atoms with Gasteiger partial charge in [-0.3, -0.25) is 19.5 Å². The number of hydrogen-bond acceptors (Lipinski definition) is 9. The van der Waals surface area contributed by atoms with Crippen molar-refractivity contribution >= 4 is 39.8 Å². The topological polar surface area (TPSA) is 144 Å². The maximum Gasteiger partial charge on any atom is 0.338 e. The molecule has 0 unspecified atom stereocenters. The molecule has 0 amide bonds. The standard InChI is InChI=1S/C27H21N3O7S/c1-3-37-26(34)23-14(2)28-27-29(24(23)18-10-6-8-15-7-4-5-9-17(15)18)25(33)22(38-27)12-16-11-19(30(35)36)21(32)13-20(16)31/h4-13,24,31-32H,3H2,1-2H3/b22-12-/t24-/m0/s1. The Balaban J connectivity index is 1.80. The molecule has 3 aromatic carbocycles. The molecule has 0 aliphatic carbocycles. The van der Waals surface area contributed by atoms with Crippen molar-refractivity contribution in [3.63, 3.8) is 0 Å². The van der Waals surface area contributed by atoms with Gasteiger partial charge in [-0.1, -0.05) is 53.8 Å². The van der Waals surface area contributed by atoms with E-state index in [0.717, 1.165) is 34.2 Å². The molecule has 1 aliphatic rings. The minimum absolute atomic E-state index is 0.0252. The van der Waals surface area contributed by atoms with Gasteiger partial charge in [0.15, 0.2) is 10.6 Å². The van der Waals surface area contributed by atoms with Crippen LogP contribution in [0.5, 0.6) is 11.5 Å². The van der Waals surface area contributed by atoms with Crippen molar-refractivity contribution in [1.29, 1.82) is 0 Å². The fourth-order valence-electron chi connectivity index (χ4n) is 4.56. The number of rotatable bonds is 5. The van der Waals surface area contributed by atoms with Crippen molar-refractivity contribution in [1.82, 2.24) is 4.57 Å². The maximum atomic E-state index is 13.8. The van der Waals surface area contributed by atoms with E-state index in [2.05, 4.69) is 4.99 Å². The zero-order chi connectivity index (χ0) is 27.1. The number of fused-ring (bicyclic) bond motifs is 2. The van der Waals surface area contributed by atoms with Crippen LogP contribution in [0.15, 0.2) is 75.7 Å². The summed E-state index contributed by atoms with van der Waals surface area (Å²) < 4.78 is 6.87. The average Bonchev–Trinajstić information content (AvgIpc) is 3.18. The Morgan fingerprint density at radius 1 is 1.18 bits per heavy atom. The van der Waals surface area contributed by atoms with E-state index in [-0.39, 0.29) is 22.3 Å². The second kappa shape index (κ2) is 9.60. The number of nitro groups is 1. The summed E-state index contributed by atoms with van der Waals surface area (Å²) in [6, 6.07) is 14.2. The van der Waals surface area contributed by atoms with Crippen molar-refractivity contribution in [2.24, 2.45) is 4.99 Å². The van der Waals surface area contributed by atoms with Crippen LogP contribution in [0.1, 0.15) is 31.0 Å². The van der Waals surface area contributed by atoms with Crippen LogP contribution in [-0.4, -0.2) is 32.3 Å². The Morgan fingerprint density at radius 2 is 1.92 bits per heavy atom. The Morgan fingerprint density at radius 3 is 2.66 bits per heavy atom. The number of hydrogen-bond donors (Lipinski definition) is 2. The van der Waals surface area contributed by atoms with Crippen LogP contribution in [0.2, 0.25) is 0 Å². The lowest BCUT2D eigenvalue weighted by atomic mass is 9.91. The molecule has 4 aromatic rings. The van der Waals surface area contributed by atoms with Crippen LogP contribution >= 0.6 is 11.3 Å². The summed E-state index contributed by atoms with van der Waals surface area (Å²) in [7, 11) is 0. The molecular weight excluding hydrogens is 510 g/mol. The van der Waals surface area contributed by atoms with E-state index in [9.17, 15) is 29.9 Å². The number of allylic oxidation sites excluding steroid dienone is 1. The van der Waals surface area contributed by atoms with Crippen molar-refractivity contribution < 1.29 is 24.7 Å². The molecule has 1 aromatic heterocycles. The van der Waals surface area contributed by atoms with Gasteiger partial charge in [-0.05, 0) is 36.3 Å². The van der Waals surface area contributed by atoms with Gasteiger partial charge in [-0.2, -0.15) is 0 Å². The summed E-state index contributed by atoms with van der Waals surface area (Å²) in [5, 5.41) is 33.2. The first-order chi connectivity index (χ1) is 18.2. The molecule has 0 fully saturated rings. The zero-order valence-electron chi connectivity index (χ0n) is 20.2. The Bertz CT molecular complexity index is 1850. The van der Waals surface area contributed by atoms with E-state index in [1.54, 1.807) is 13.8 Å². The second-order valence-electron chi connectivity index (χ2n) is 8.53. The smallest absolute Gasteiger partial charge is 0.338 e. The molecule has 1 atom stereocenters. The number of carbonyl (C=O) groups excluding carboxylic acids is 1. The third-order valence-corrected chi connectivity index (χ3v) is 7.23. The molecule has 2 heterocycles. The van der Waals surface area contributed by atoms with Gasteiger partial charge in [-0.25, -0.2) is 9.79 Å². The Hall–Kier alpha value is -4.77. The molecule has 0 spiro atoms. The highest BCUT2D eigenvalue weighted by Gasteiger charge is 2.34. The molecule has 38 heavy (non-hydrogen) atoms. The van der Waals surface area contributed by atoms with Crippen LogP contribution < -0.4 is 14.9 Å². The van der Waals surface area contributed by atoms with Crippen LogP contribution in [0.3, 0.4) is 0 Å². The molecule has 0 radical (unpaired) electrons. The first-order valence-electron chi connectivity index (χ1n) is 11.6. The number of aromatic hydroxyl groups is 2. The molecule has 10 nitrogen and oxygen atoms in total. The Kier molecular flexibility index (Phi) is 6.29. The van der Waals surface area contributed by atoms with Crippen molar-refractivity contribution in [3.05, 3.63) is 107 Å². The number of nitro benzene ring substituents is 1. The fraction of sp³-hybridized carbons (Fsp3) is 0.148. The van der Waals surface area contributed by atoms with Gasteiger partial charge in [0.25, 0.3) is 5.56 Å². The predicted molar refractivity (Wildman–Crippen MR) is 141 cm³/mol. The summed E-state index contributed by atoms with van der Waals surface area (Å²) in [5.41, 5.74) is 0.189. The minimum Gasteiger partial charge on any atom is -0.507 e. The lowest BCUT2D eigenvalue weighted by molar-refractivity contribution is -0.385. The van der Waals surface area contributed by atoms with Crippen LogP contribution in [0.25, 0.3) is 16.8 Å². The average molecular weight is 532 g/mol. The monoisotopic (exact) mass is 531 g/mol.